The van der Waals surface area contributed by atoms with Crippen molar-refractivity contribution < 1.29 is 38.3 Å². The molecular weight excluding hydrogens is 979 g/mol. The molecule has 0 aliphatic rings. The maximum Gasteiger partial charge on any atom is 0.329 e. The number of methoxy groups -OCH3 is 1. The van der Waals surface area contributed by atoms with Gasteiger partial charge in [0.15, 0.2) is 10.6 Å². The third kappa shape index (κ3) is 29.4. The number of benzene rings is 1. The number of esters is 1. The van der Waals surface area contributed by atoms with E-state index in [-0.39, 0.29) is 58.0 Å². The summed E-state index contributed by atoms with van der Waals surface area (Å²) in [5.74, 6) is -1.21. The van der Waals surface area contributed by atoms with Crippen LogP contribution in [-0.2, 0) is 28.7 Å². The zero-order valence-electron chi connectivity index (χ0n) is 46.1. The minimum Gasteiger partial charge on any atom is -0.467 e. The molecule has 1 heterocycles. The molecule has 16 nitrogen and oxygen atoms in total. The van der Waals surface area contributed by atoms with E-state index in [1.54, 1.807) is 6.07 Å². The van der Waals surface area contributed by atoms with Crippen molar-refractivity contribution in [2.45, 2.75) is 214 Å². The fourth-order valence-electron chi connectivity index (χ4n) is 8.22. The highest BCUT2D eigenvalue weighted by atomic mass is 32.2. The standard InChI is InChI=1S/C56H91N7O9S2/c1-9-10-11-12-13-14-15-16-17-18-19-20-23-32-51(65)74-40-47(58-50(64)31-22-21-24-36-57-45-33-34-49(63(69)70)53-52(45)61-72-62-53)55(67)59-46(38-42(4)5)54(66)60-48(56(68)71-8)39-73-37-35-44(7)30-26-29-43(6)28-25-27-41(2)3/h27,29,33-35,42,46-48,57H,9-26,28,30-32,36-40H2,1-8H3,(H,58,64)(H,59,67)(H,60,66)/b43-29+,44-35+/t46-,47-,48-/m0/s1. The Morgan fingerprint density at radius 2 is 1.26 bits per heavy atom. The Bertz CT molecular complexity index is 2090. The first-order chi connectivity index (χ1) is 35.6. The van der Waals surface area contributed by atoms with E-state index in [2.05, 4.69) is 84.4 Å². The molecule has 416 valence electrons. The predicted molar refractivity (Wildman–Crippen MR) is 303 cm³/mol. The summed E-state index contributed by atoms with van der Waals surface area (Å²) in [6, 6.07) is -0.192. The Balaban J connectivity index is 2.01. The minimum atomic E-state index is -1.10. The summed E-state index contributed by atoms with van der Waals surface area (Å²) >= 11 is 2.51. The van der Waals surface area contributed by atoms with E-state index in [1.807, 2.05) is 13.8 Å². The monoisotopic (exact) mass is 1070 g/mol. The number of rotatable bonds is 42. The average molecular weight is 1070 g/mol. The summed E-state index contributed by atoms with van der Waals surface area (Å²) in [5.41, 5.74) is 4.59. The number of carbonyl (C=O) groups excluding carboxylic acids is 5. The van der Waals surface area contributed by atoms with Gasteiger partial charge < -0.3 is 26.0 Å². The van der Waals surface area contributed by atoms with Crippen molar-refractivity contribution >= 4 is 74.7 Å². The van der Waals surface area contributed by atoms with Crippen LogP contribution in [0.4, 0.5) is 11.4 Å². The lowest BCUT2D eigenvalue weighted by atomic mass is 10.0. The van der Waals surface area contributed by atoms with Crippen LogP contribution in [0.15, 0.2) is 51.7 Å². The average Bonchev–Trinajstić information content (AvgIpc) is 3.86. The summed E-state index contributed by atoms with van der Waals surface area (Å²) in [7, 11) is 1.27. The number of nitrogens with zero attached hydrogens (tertiary/aromatic N) is 3. The predicted octanol–water partition coefficient (Wildman–Crippen LogP) is 12.7. The summed E-state index contributed by atoms with van der Waals surface area (Å²) < 4.78 is 9.81. The largest absolute Gasteiger partial charge is 0.467 e. The number of unbranched alkanes of at least 4 members (excludes halogenated alkanes) is 14. The quantitative estimate of drug-likeness (QED) is 0.0160. The van der Waals surface area contributed by atoms with Gasteiger partial charge in [-0.2, -0.15) is 11.8 Å². The van der Waals surface area contributed by atoms with Crippen LogP contribution in [0.3, 0.4) is 0 Å². The molecule has 1 aromatic carbocycles. The third-order valence-corrected chi connectivity index (χ3v) is 14.6. The molecule has 0 unspecified atom stereocenters. The van der Waals surface area contributed by atoms with E-state index >= 15 is 0 Å². The van der Waals surface area contributed by atoms with Gasteiger partial charge in [0.2, 0.25) is 23.2 Å². The lowest BCUT2D eigenvalue weighted by molar-refractivity contribution is -0.383. The summed E-state index contributed by atoms with van der Waals surface area (Å²) in [5, 5.41) is 30.5. The van der Waals surface area contributed by atoms with Crippen LogP contribution in [0.2, 0.25) is 0 Å². The number of ether oxygens (including phenoxy) is 1. The van der Waals surface area contributed by atoms with Crippen LogP contribution >= 0.6 is 23.5 Å². The lowest BCUT2D eigenvalue weighted by Crippen LogP contribution is -2.57. The first-order valence-corrected chi connectivity index (χ1v) is 29.5. The molecule has 0 aliphatic carbocycles. The van der Waals surface area contributed by atoms with Gasteiger partial charge >= 0.3 is 11.7 Å². The molecule has 3 amide bonds. The number of allylic oxidation sites excluding steroid dienone is 5. The highest BCUT2D eigenvalue weighted by Crippen LogP contribution is 2.29. The second-order valence-corrected chi connectivity index (χ2v) is 22.3. The van der Waals surface area contributed by atoms with Gasteiger partial charge in [-0.15, -0.1) is 0 Å². The van der Waals surface area contributed by atoms with Crippen molar-refractivity contribution in [3.8, 4) is 0 Å². The summed E-state index contributed by atoms with van der Waals surface area (Å²) in [6.07, 6.45) is 28.8. The van der Waals surface area contributed by atoms with E-state index in [9.17, 15) is 34.1 Å². The van der Waals surface area contributed by atoms with E-state index in [4.69, 9.17) is 9.37 Å². The van der Waals surface area contributed by atoms with Crippen LogP contribution in [-0.4, -0.2) is 93.1 Å². The van der Waals surface area contributed by atoms with Crippen LogP contribution in [0.5, 0.6) is 0 Å². The number of amides is 3. The van der Waals surface area contributed by atoms with Crippen molar-refractivity contribution in [2.75, 3.05) is 36.2 Å². The topological polar surface area (TPSA) is 225 Å². The van der Waals surface area contributed by atoms with E-state index in [0.717, 1.165) is 63.1 Å². The van der Waals surface area contributed by atoms with E-state index < -0.39 is 40.8 Å². The van der Waals surface area contributed by atoms with Crippen LogP contribution in [0, 0.1) is 16.0 Å². The number of anilines is 1. The number of thioether (sulfide) groups is 2. The normalized spacial score (nSPS) is 13.0. The molecule has 3 atom stereocenters. The maximum atomic E-state index is 14.1. The molecule has 0 saturated carbocycles. The van der Waals surface area contributed by atoms with E-state index in [0.29, 0.717) is 43.7 Å². The van der Waals surface area contributed by atoms with Gasteiger partial charge in [-0.1, -0.05) is 151 Å². The Morgan fingerprint density at radius 3 is 1.88 bits per heavy atom. The molecule has 0 bridgehead atoms. The molecule has 0 radical (unpaired) electrons. The first-order valence-electron chi connectivity index (χ1n) is 27.4. The summed E-state index contributed by atoms with van der Waals surface area (Å²) in [4.78, 5) is 78.3. The van der Waals surface area contributed by atoms with Gasteiger partial charge in [-0.3, -0.25) is 29.3 Å². The smallest absolute Gasteiger partial charge is 0.329 e. The fraction of sp³-hybridized carbons (Fsp3) is 0.696. The van der Waals surface area contributed by atoms with Gasteiger partial charge in [-0.25, -0.2) is 9.42 Å². The van der Waals surface area contributed by atoms with Gasteiger partial charge in [0.25, 0.3) is 0 Å². The Kier molecular flexibility index (Phi) is 35.1. The Labute approximate surface area is 450 Å². The molecule has 2 rings (SSSR count). The second kappa shape index (κ2) is 39.7. The first kappa shape index (κ1) is 65.4. The summed E-state index contributed by atoms with van der Waals surface area (Å²) in [6.45, 7) is 15.1. The van der Waals surface area contributed by atoms with Gasteiger partial charge in [0, 0.05) is 42.7 Å². The van der Waals surface area contributed by atoms with Crippen LogP contribution in [0.1, 0.15) is 196 Å². The number of carbonyl (C=O) groups is 5. The Morgan fingerprint density at radius 1 is 0.689 bits per heavy atom. The zero-order valence-corrected chi connectivity index (χ0v) is 47.8. The maximum absolute atomic E-state index is 14.1. The van der Waals surface area contributed by atoms with Crippen LogP contribution in [0.25, 0.3) is 11.0 Å². The number of nitro benzene ring substituents is 1. The number of hydrogen-bond donors (Lipinski definition) is 4. The fourth-order valence-corrected chi connectivity index (χ4v) is 10.1. The molecule has 18 heteroatoms. The molecule has 0 saturated heterocycles. The number of hydrogen-bond acceptors (Lipinski definition) is 14. The molecular formula is C56H91N7O9S2. The third-order valence-electron chi connectivity index (χ3n) is 12.6. The molecule has 0 spiro atoms. The van der Waals surface area contributed by atoms with Crippen molar-refractivity contribution in [2.24, 2.45) is 5.92 Å². The van der Waals surface area contributed by atoms with Crippen molar-refractivity contribution in [1.29, 1.82) is 0 Å². The minimum absolute atomic E-state index is 0.00404. The number of aromatic nitrogens is 2. The number of nitrogens with one attached hydrogen (secondary N) is 4. The molecule has 4 N–H and O–H groups in total. The van der Waals surface area contributed by atoms with Gasteiger partial charge in [0.1, 0.15) is 18.1 Å². The lowest BCUT2D eigenvalue weighted by Gasteiger charge is -2.25. The molecule has 0 fully saturated rings. The molecule has 2 aromatic rings. The zero-order chi connectivity index (χ0) is 54.5. The van der Waals surface area contributed by atoms with Crippen molar-refractivity contribution in [3.05, 3.63) is 57.2 Å². The molecule has 0 aliphatic heterocycles. The van der Waals surface area contributed by atoms with E-state index in [1.165, 1.54) is 99.4 Å². The van der Waals surface area contributed by atoms with Gasteiger partial charge in [-0.05, 0) is 101 Å². The van der Waals surface area contributed by atoms with Gasteiger partial charge in [0.05, 0.1) is 17.7 Å². The van der Waals surface area contributed by atoms with Crippen molar-refractivity contribution in [1.82, 2.24) is 26.3 Å². The van der Waals surface area contributed by atoms with Crippen molar-refractivity contribution in [3.63, 3.8) is 0 Å². The Hall–Kier alpha value is -4.71. The molecule has 74 heavy (non-hydrogen) atoms. The number of fused-ring (bicyclic) bond motifs is 1. The molecule has 1 aromatic heterocycles. The highest BCUT2D eigenvalue weighted by Gasteiger charge is 2.31. The highest BCUT2D eigenvalue weighted by molar-refractivity contribution is 8.13. The number of nitro groups is 1. The van der Waals surface area contributed by atoms with Crippen LogP contribution < -0.4 is 21.3 Å². The second-order valence-electron chi connectivity index (χ2n) is 20.2. The SMILES string of the molecule is CCCCCCCCCCCCCCCC(=O)SC[C@H](NC(=O)CCCCCNc1ccc([N+](=O)[O-])c2nonc12)C(=O)N[C@@H](CC(C)C)C(=O)N[C@@H](CSC/C=C(\C)CC/C=C(\C)CCC=C(C)C)C(=O)OC. The number of non-ortho nitro benzene ring substituents is 1.